The number of hydrogen-bond acceptors (Lipinski definition) is 3. The largest absolute Gasteiger partial charge is 0.477 e. The summed E-state index contributed by atoms with van der Waals surface area (Å²) in [6.45, 7) is 0.397. The van der Waals surface area contributed by atoms with Gasteiger partial charge in [0, 0.05) is 12.4 Å². The Kier molecular flexibility index (Phi) is 3.54. The van der Waals surface area contributed by atoms with Crippen molar-refractivity contribution in [2.75, 3.05) is 0 Å². The molecule has 0 amide bonds. The molecule has 0 saturated heterocycles. The number of hydrogen-bond donors (Lipinski definition) is 1. The molecule has 2 heterocycles. The van der Waals surface area contributed by atoms with Crippen LogP contribution in [0.25, 0.3) is 0 Å². The zero-order chi connectivity index (χ0) is 13.9. The Morgan fingerprint density at radius 1 is 1.30 bits per heavy atom. The Bertz CT molecular complexity index is 596. The van der Waals surface area contributed by atoms with Crippen molar-refractivity contribution in [3.05, 3.63) is 35.9 Å². The molecule has 0 spiro atoms. The Balaban J connectivity index is 1.73. The number of carbonyl (C=O) groups is 1. The summed E-state index contributed by atoms with van der Waals surface area (Å²) in [5, 5.41) is 17.7. The first-order valence-electron chi connectivity index (χ1n) is 7.03. The molecule has 0 aromatic carbocycles. The minimum Gasteiger partial charge on any atom is -0.477 e. The van der Waals surface area contributed by atoms with Gasteiger partial charge >= 0.3 is 5.97 Å². The van der Waals surface area contributed by atoms with Crippen LogP contribution in [-0.2, 0) is 6.54 Å². The summed E-state index contributed by atoms with van der Waals surface area (Å²) in [4.78, 5) is 11.0. The smallest absolute Gasteiger partial charge is 0.354 e. The highest BCUT2D eigenvalue weighted by molar-refractivity contribution is 5.85. The molecule has 20 heavy (non-hydrogen) atoms. The third-order valence-electron chi connectivity index (χ3n) is 3.86. The van der Waals surface area contributed by atoms with Crippen molar-refractivity contribution in [1.82, 2.24) is 19.6 Å². The highest BCUT2D eigenvalue weighted by Gasteiger charge is 2.17. The summed E-state index contributed by atoms with van der Waals surface area (Å²) in [6, 6.07) is 3.94. The highest BCUT2D eigenvalue weighted by atomic mass is 16.4. The number of carboxylic acids is 1. The third-order valence-corrected chi connectivity index (χ3v) is 3.86. The first-order valence-corrected chi connectivity index (χ1v) is 7.03. The maximum Gasteiger partial charge on any atom is 0.354 e. The van der Waals surface area contributed by atoms with Crippen molar-refractivity contribution < 1.29 is 9.90 Å². The molecular formula is C14H18N4O2. The van der Waals surface area contributed by atoms with E-state index in [4.69, 9.17) is 5.11 Å². The molecule has 106 valence electrons. The molecule has 1 N–H and O–H groups in total. The van der Waals surface area contributed by atoms with Crippen molar-refractivity contribution in [3.8, 4) is 0 Å². The van der Waals surface area contributed by atoms with Crippen LogP contribution in [0.2, 0.25) is 0 Å². The lowest BCUT2D eigenvalue weighted by Gasteiger charge is -2.21. The maximum absolute atomic E-state index is 11.0. The fourth-order valence-electron chi connectivity index (χ4n) is 2.80. The van der Waals surface area contributed by atoms with Crippen LogP contribution in [0, 0.1) is 0 Å². The second-order valence-corrected chi connectivity index (χ2v) is 5.26. The molecule has 1 saturated carbocycles. The van der Waals surface area contributed by atoms with Crippen molar-refractivity contribution in [3.63, 3.8) is 0 Å². The molecule has 0 unspecified atom stereocenters. The minimum atomic E-state index is -0.964. The fourth-order valence-corrected chi connectivity index (χ4v) is 2.80. The molecule has 0 bridgehead atoms. The SMILES string of the molecule is O=C(O)c1ccnn1Cc1ccn(C2CCCCC2)n1. The topological polar surface area (TPSA) is 72.9 Å². The standard InChI is InChI=1S/C14H18N4O2/c19-14(20)13-6-8-15-18(13)10-11-7-9-17(16-11)12-4-2-1-3-5-12/h6-9,12H,1-5,10H2,(H,19,20). The first-order chi connectivity index (χ1) is 9.74. The average molecular weight is 274 g/mol. The van der Waals surface area contributed by atoms with E-state index in [-0.39, 0.29) is 5.69 Å². The first kappa shape index (κ1) is 12.9. The van der Waals surface area contributed by atoms with Gasteiger partial charge in [0.1, 0.15) is 5.69 Å². The zero-order valence-corrected chi connectivity index (χ0v) is 11.3. The molecule has 1 aliphatic rings. The summed E-state index contributed by atoms with van der Waals surface area (Å²) >= 11 is 0. The van der Waals surface area contributed by atoms with Gasteiger partial charge in [-0.25, -0.2) is 4.79 Å². The van der Waals surface area contributed by atoms with Crippen LogP contribution in [-0.4, -0.2) is 30.6 Å². The lowest BCUT2D eigenvalue weighted by atomic mass is 9.96. The van der Waals surface area contributed by atoms with Crippen molar-refractivity contribution in [1.29, 1.82) is 0 Å². The highest BCUT2D eigenvalue weighted by Crippen LogP contribution is 2.27. The zero-order valence-electron chi connectivity index (χ0n) is 11.3. The quantitative estimate of drug-likeness (QED) is 0.928. The van der Waals surface area contributed by atoms with Crippen LogP contribution in [0.5, 0.6) is 0 Å². The number of nitrogens with zero attached hydrogens (tertiary/aromatic N) is 4. The van der Waals surface area contributed by atoms with Gasteiger partial charge < -0.3 is 5.11 Å². The number of rotatable bonds is 4. The Hall–Kier alpha value is -2.11. The Labute approximate surface area is 117 Å². The van der Waals surface area contributed by atoms with Crippen LogP contribution < -0.4 is 0 Å². The predicted molar refractivity (Wildman–Crippen MR) is 72.6 cm³/mol. The lowest BCUT2D eigenvalue weighted by molar-refractivity contribution is 0.0684. The normalized spacial score (nSPS) is 16.4. The van der Waals surface area contributed by atoms with E-state index in [2.05, 4.69) is 10.2 Å². The van der Waals surface area contributed by atoms with Crippen LogP contribution in [0.15, 0.2) is 24.5 Å². The van der Waals surface area contributed by atoms with Gasteiger partial charge in [-0.3, -0.25) is 9.36 Å². The molecule has 6 heteroatoms. The Morgan fingerprint density at radius 2 is 2.10 bits per heavy atom. The van der Waals surface area contributed by atoms with Gasteiger partial charge in [0.2, 0.25) is 0 Å². The third kappa shape index (κ3) is 2.59. The van der Waals surface area contributed by atoms with Crippen molar-refractivity contribution >= 4 is 5.97 Å². The maximum atomic E-state index is 11.0. The molecular weight excluding hydrogens is 256 g/mol. The van der Waals surface area contributed by atoms with E-state index in [9.17, 15) is 4.79 Å². The second-order valence-electron chi connectivity index (χ2n) is 5.26. The number of carboxylic acid groups (broad SMARTS) is 1. The molecule has 0 aliphatic heterocycles. The molecule has 6 nitrogen and oxygen atoms in total. The summed E-state index contributed by atoms with van der Waals surface area (Å²) in [6.07, 6.45) is 9.72. The van der Waals surface area contributed by atoms with Gasteiger partial charge in [0.15, 0.2) is 0 Å². The van der Waals surface area contributed by atoms with Crippen LogP contribution in [0.3, 0.4) is 0 Å². The van der Waals surface area contributed by atoms with Crippen molar-refractivity contribution in [2.45, 2.75) is 44.7 Å². The van der Waals surface area contributed by atoms with E-state index in [1.807, 2.05) is 16.9 Å². The van der Waals surface area contributed by atoms with Gasteiger partial charge in [-0.1, -0.05) is 19.3 Å². The summed E-state index contributed by atoms with van der Waals surface area (Å²) in [7, 11) is 0. The van der Waals surface area contributed by atoms with Gasteiger partial charge in [-0.15, -0.1) is 0 Å². The van der Waals surface area contributed by atoms with E-state index in [0.29, 0.717) is 12.6 Å². The monoisotopic (exact) mass is 274 g/mol. The van der Waals surface area contributed by atoms with Gasteiger partial charge in [0.25, 0.3) is 0 Å². The van der Waals surface area contributed by atoms with Crippen molar-refractivity contribution in [2.24, 2.45) is 0 Å². The molecule has 2 aromatic rings. The Morgan fingerprint density at radius 3 is 2.85 bits per heavy atom. The molecule has 3 rings (SSSR count). The summed E-state index contributed by atoms with van der Waals surface area (Å²) < 4.78 is 3.49. The fraction of sp³-hybridized carbons (Fsp3) is 0.500. The minimum absolute atomic E-state index is 0.192. The van der Waals surface area contributed by atoms with E-state index in [1.54, 1.807) is 0 Å². The second kappa shape index (κ2) is 5.48. The molecule has 1 fully saturated rings. The van der Waals surface area contributed by atoms with Crippen LogP contribution >= 0.6 is 0 Å². The van der Waals surface area contributed by atoms with Gasteiger partial charge in [-0.05, 0) is 25.0 Å². The number of aromatic nitrogens is 4. The van der Waals surface area contributed by atoms with E-state index in [1.165, 1.54) is 49.0 Å². The van der Waals surface area contributed by atoms with Gasteiger partial charge in [0.05, 0.1) is 18.3 Å². The molecule has 0 atom stereocenters. The average Bonchev–Trinajstić information content (AvgIpc) is 3.09. The van der Waals surface area contributed by atoms with Crippen LogP contribution in [0.4, 0.5) is 0 Å². The summed E-state index contributed by atoms with van der Waals surface area (Å²) in [5.74, 6) is -0.964. The molecule has 2 aromatic heterocycles. The molecule has 1 aliphatic carbocycles. The lowest BCUT2D eigenvalue weighted by Crippen LogP contribution is -2.15. The predicted octanol–water partition coefficient (Wildman–Crippen LogP) is 2.33. The van der Waals surface area contributed by atoms with Gasteiger partial charge in [-0.2, -0.15) is 10.2 Å². The summed E-state index contributed by atoms with van der Waals surface area (Å²) in [5.41, 5.74) is 1.04. The van der Waals surface area contributed by atoms with E-state index in [0.717, 1.165) is 5.69 Å². The van der Waals surface area contributed by atoms with E-state index >= 15 is 0 Å². The molecule has 0 radical (unpaired) electrons. The van der Waals surface area contributed by atoms with Crippen LogP contribution in [0.1, 0.15) is 54.3 Å². The van der Waals surface area contributed by atoms with E-state index < -0.39 is 5.97 Å². The number of aromatic carboxylic acids is 1.